The van der Waals surface area contributed by atoms with E-state index >= 15 is 0 Å². The van der Waals surface area contributed by atoms with E-state index in [2.05, 4.69) is 20.8 Å². The molecule has 6 heteroatoms. The monoisotopic (exact) mass is 393 g/mol. The van der Waals surface area contributed by atoms with Gasteiger partial charge < -0.3 is 4.74 Å². The summed E-state index contributed by atoms with van der Waals surface area (Å²) in [7, 11) is -3.55. The molecule has 0 N–H and O–H groups in total. The number of sulfonamides is 1. The molecule has 4 nitrogen and oxygen atoms in total. The quantitative estimate of drug-likeness (QED) is 0.756. The van der Waals surface area contributed by atoms with Gasteiger partial charge in [-0.1, -0.05) is 39.0 Å². The number of thiophene rings is 1. The zero-order chi connectivity index (χ0) is 18.8. The highest BCUT2D eigenvalue weighted by atomic mass is 32.2. The van der Waals surface area contributed by atoms with Gasteiger partial charge in [0.05, 0.1) is 4.90 Å². The Kier molecular flexibility index (Phi) is 5.87. The van der Waals surface area contributed by atoms with Crippen molar-refractivity contribution >= 4 is 21.4 Å². The second kappa shape index (κ2) is 7.80. The van der Waals surface area contributed by atoms with Crippen LogP contribution in [0.2, 0.25) is 0 Å². The highest BCUT2D eigenvalue weighted by Crippen LogP contribution is 2.29. The van der Waals surface area contributed by atoms with Crippen molar-refractivity contribution in [2.45, 2.75) is 56.5 Å². The van der Waals surface area contributed by atoms with Crippen LogP contribution in [-0.4, -0.2) is 32.0 Å². The first-order chi connectivity index (χ1) is 12.3. The molecule has 0 amide bonds. The number of hydrogen-bond donors (Lipinski definition) is 0. The first kappa shape index (κ1) is 19.5. The standard InChI is InChI=1S/C20H27NO3S2/c1-20(2,3)16-6-8-19(9-7-16)26(22,23)21(15-18-5-4-14-25-18)17-10-12-24-13-11-17/h4-9,14,17H,10-13,15H2,1-3H3. The van der Waals surface area contributed by atoms with Gasteiger partial charge in [0.25, 0.3) is 0 Å². The summed E-state index contributed by atoms with van der Waals surface area (Å²) in [5.41, 5.74) is 1.13. The van der Waals surface area contributed by atoms with E-state index in [4.69, 9.17) is 4.74 Å². The summed E-state index contributed by atoms with van der Waals surface area (Å²) in [6, 6.07) is 11.3. The van der Waals surface area contributed by atoms with E-state index in [1.54, 1.807) is 27.8 Å². The Bertz CT molecular complexity index is 800. The van der Waals surface area contributed by atoms with Crippen molar-refractivity contribution in [3.05, 3.63) is 52.2 Å². The van der Waals surface area contributed by atoms with E-state index in [0.717, 1.165) is 23.3 Å². The number of ether oxygens (including phenoxy) is 1. The van der Waals surface area contributed by atoms with Crippen molar-refractivity contribution in [1.82, 2.24) is 4.31 Å². The van der Waals surface area contributed by atoms with Gasteiger partial charge in [0, 0.05) is 30.7 Å². The lowest BCUT2D eigenvalue weighted by molar-refractivity contribution is 0.0571. The molecule has 1 saturated heterocycles. The smallest absolute Gasteiger partial charge is 0.243 e. The van der Waals surface area contributed by atoms with Crippen LogP contribution in [0.5, 0.6) is 0 Å². The van der Waals surface area contributed by atoms with Crippen LogP contribution in [0.3, 0.4) is 0 Å². The third kappa shape index (κ3) is 4.36. The Morgan fingerprint density at radius 1 is 1.12 bits per heavy atom. The summed E-state index contributed by atoms with van der Waals surface area (Å²) in [5, 5.41) is 1.99. The van der Waals surface area contributed by atoms with Crippen molar-refractivity contribution in [3.63, 3.8) is 0 Å². The molecule has 0 bridgehead atoms. The Balaban J connectivity index is 1.92. The third-order valence-corrected chi connectivity index (χ3v) is 7.59. The summed E-state index contributed by atoms with van der Waals surface area (Å²) in [6.07, 6.45) is 1.48. The molecule has 0 spiro atoms. The van der Waals surface area contributed by atoms with Gasteiger partial charge >= 0.3 is 0 Å². The number of rotatable bonds is 5. The molecular weight excluding hydrogens is 366 g/mol. The van der Waals surface area contributed by atoms with E-state index in [-0.39, 0.29) is 11.5 Å². The Morgan fingerprint density at radius 2 is 1.77 bits per heavy atom. The van der Waals surface area contributed by atoms with Gasteiger partial charge in [0.15, 0.2) is 0 Å². The average Bonchev–Trinajstić information content (AvgIpc) is 3.13. The first-order valence-electron chi connectivity index (χ1n) is 9.01. The molecule has 0 atom stereocenters. The normalized spacial score (nSPS) is 16.9. The fraction of sp³-hybridized carbons (Fsp3) is 0.500. The van der Waals surface area contributed by atoms with E-state index < -0.39 is 10.0 Å². The maximum absolute atomic E-state index is 13.4. The van der Waals surface area contributed by atoms with Crippen molar-refractivity contribution in [2.75, 3.05) is 13.2 Å². The molecule has 0 aliphatic carbocycles. The summed E-state index contributed by atoms with van der Waals surface area (Å²) in [6.45, 7) is 8.03. The lowest BCUT2D eigenvalue weighted by Gasteiger charge is -2.33. The van der Waals surface area contributed by atoms with Gasteiger partial charge in [0.1, 0.15) is 0 Å². The molecule has 1 aliphatic heterocycles. The number of hydrogen-bond acceptors (Lipinski definition) is 4. The minimum absolute atomic E-state index is 0.000341. The van der Waals surface area contributed by atoms with E-state index in [1.807, 2.05) is 29.6 Å². The minimum Gasteiger partial charge on any atom is -0.381 e. The Labute approximate surface area is 160 Å². The summed E-state index contributed by atoms with van der Waals surface area (Å²) < 4.78 is 33.9. The van der Waals surface area contributed by atoms with E-state index in [9.17, 15) is 8.42 Å². The number of nitrogens with zero attached hydrogens (tertiary/aromatic N) is 1. The van der Waals surface area contributed by atoms with Crippen LogP contribution >= 0.6 is 11.3 Å². The Hall–Kier alpha value is -1.21. The predicted molar refractivity (Wildman–Crippen MR) is 106 cm³/mol. The Morgan fingerprint density at radius 3 is 2.31 bits per heavy atom. The lowest BCUT2D eigenvalue weighted by atomic mass is 9.87. The zero-order valence-corrected chi connectivity index (χ0v) is 17.3. The molecule has 1 aromatic carbocycles. The fourth-order valence-corrected chi connectivity index (χ4v) is 5.65. The molecule has 142 valence electrons. The molecule has 1 aliphatic rings. The molecule has 1 fully saturated rings. The van der Waals surface area contributed by atoms with Crippen LogP contribution in [0.15, 0.2) is 46.7 Å². The molecule has 0 saturated carbocycles. The van der Waals surface area contributed by atoms with Crippen molar-refractivity contribution in [2.24, 2.45) is 0 Å². The lowest BCUT2D eigenvalue weighted by Crippen LogP contribution is -2.42. The van der Waals surface area contributed by atoms with Crippen molar-refractivity contribution in [1.29, 1.82) is 0 Å². The molecule has 1 aromatic heterocycles. The highest BCUT2D eigenvalue weighted by molar-refractivity contribution is 7.89. The maximum Gasteiger partial charge on any atom is 0.243 e. The molecule has 26 heavy (non-hydrogen) atoms. The summed E-state index contributed by atoms with van der Waals surface area (Å²) >= 11 is 1.60. The van der Waals surface area contributed by atoms with Crippen molar-refractivity contribution < 1.29 is 13.2 Å². The third-order valence-electron chi connectivity index (χ3n) is 4.82. The molecule has 0 radical (unpaired) electrons. The largest absolute Gasteiger partial charge is 0.381 e. The van der Waals surface area contributed by atoms with Crippen LogP contribution in [0.1, 0.15) is 44.1 Å². The van der Waals surface area contributed by atoms with Gasteiger partial charge in [-0.25, -0.2) is 8.42 Å². The topological polar surface area (TPSA) is 46.6 Å². The fourth-order valence-electron chi connectivity index (χ4n) is 3.20. The predicted octanol–water partition coefficient (Wildman–Crippen LogP) is 4.42. The molecule has 2 heterocycles. The average molecular weight is 394 g/mol. The number of benzene rings is 1. The van der Waals surface area contributed by atoms with Crippen molar-refractivity contribution in [3.8, 4) is 0 Å². The molecule has 3 rings (SSSR count). The van der Waals surface area contributed by atoms with Crippen LogP contribution in [0.4, 0.5) is 0 Å². The van der Waals surface area contributed by atoms with Crippen LogP contribution < -0.4 is 0 Å². The van der Waals surface area contributed by atoms with Gasteiger partial charge in [-0.2, -0.15) is 4.31 Å². The molecule has 0 unspecified atom stereocenters. The van der Waals surface area contributed by atoms with Crippen LogP contribution in [0.25, 0.3) is 0 Å². The second-order valence-corrected chi connectivity index (χ2v) is 10.7. The van der Waals surface area contributed by atoms with E-state index in [0.29, 0.717) is 24.7 Å². The zero-order valence-electron chi connectivity index (χ0n) is 15.6. The minimum atomic E-state index is -3.55. The molecular formula is C20H27NO3S2. The first-order valence-corrected chi connectivity index (χ1v) is 11.3. The second-order valence-electron chi connectivity index (χ2n) is 7.75. The molecule has 2 aromatic rings. The summed E-state index contributed by atoms with van der Waals surface area (Å²) in [5.74, 6) is 0. The SMILES string of the molecule is CC(C)(C)c1ccc(S(=O)(=O)N(Cc2cccs2)C2CCOCC2)cc1. The van der Waals surface area contributed by atoms with Crippen LogP contribution in [0, 0.1) is 0 Å². The van der Waals surface area contributed by atoms with Gasteiger partial charge in [-0.05, 0) is 47.4 Å². The maximum atomic E-state index is 13.4. The van der Waals surface area contributed by atoms with Gasteiger partial charge in [-0.15, -0.1) is 11.3 Å². The van der Waals surface area contributed by atoms with Crippen LogP contribution in [-0.2, 0) is 26.7 Å². The van der Waals surface area contributed by atoms with E-state index in [1.165, 1.54) is 0 Å². The van der Waals surface area contributed by atoms with Gasteiger partial charge in [-0.3, -0.25) is 0 Å². The van der Waals surface area contributed by atoms with Gasteiger partial charge in [0.2, 0.25) is 10.0 Å². The highest BCUT2D eigenvalue weighted by Gasteiger charge is 2.33. The summed E-state index contributed by atoms with van der Waals surface area (Å²) in [4.78, 5) is 1.43.